The Morgan fingerprint density at radius 3 is 1.69 bits per heavy atom. The molecule has 0 saturated carbocycles. The quantitative estimate of drug-likeness (QED) is 0.111. The van der Waals surface area contributed by atoms with Crippen molar-refractivity contribution in [1.29, 1.82) is 0 Å². The van der Waals surface area contributed by atoms with E-state index in [0.717, 1.165) is 38.5 Å². The van der Waals surface area contributed by atoms with Crippen LogP contribution >= 0.6 is 0 Å². The van der Waals surface area contributed by atoms with Gasteiger partial charge in [-0.05, 0) is 18.8 Å². The fourth-order valence-electron chi connectivity index (χ4n) is 5.31. The highest BCUT2D eigenvalue weighted by atomic mass is 16.7. The van der Waals surface area contributed by atoms with E-state index in [1.165, 1.54) is 38.5 Å². The summed E-state index contributed by atoms with van der Waals surface area (Å²) in [5.74, 6) is 0.289. The third-order valence-electron chi connectivity index (χ3n) is 7.89. The molecule has 11 heteroatoms. The molecule has 2 rings (SSSR count). The van der Waals surface area contributed by atoms with Gasteiger partial charge in [0.15, 0.2) is 12.6 Å². The zero-order valence-electron chi connectivity index (χ0n) is 23.7. The molecule has 2 fully saturated rings. The SMILES string of the molecule is CCCCCCCCC(CCCCCC)CO[C@H]1O[C@H](CO)[C@@H](O[C@H]2O[C@H](CO)[C@@H](O)[C@H](O)[C@H]2O)[C@H](O)[C@H]1O. The van der Waals surface area contributed by atoms with E-state index in [0.29, 0.717) is 6.61 Å². The zero-order valence-corrected chi connectivity index (χ0v) is 23.7. The van der Waals surface area contributed by atoms with Gasteiger partial charge in [0, 0.05) is 0 Å². The van der Waals surface area contributed by atoms with Crippen molar-refractivity contribution < 1.29 is 54.7 Å². The Hall–Kier alpha value is -0.440. The maximum atomic E-state index is 10.8. The summed E-state index contributed by atoms with van der Waals surface area (Å²) in [5, 5.41) is 71.2. The van der Waals surface area contributed by atoms with Gasteiger partial charge in [-0.3, -0.25) is 0 Å². The highest BCUT2D eigenvalue weighted by molar-refractivity contribution is 4.94. The van der Waals surface area contributed by atoms with Crippen LogP contribution in [0.3, 0.4) is 0 Å². The van der Waals surface area contributed by atoms with Gasteiger partial charge in [-0.15, -0.1) is 0 Å². The molecular weight excluding hydrogens is 512 g/mol. The molecule has 7 N–H and O–H groups in total. The van der Waals surface area contributed by atoms with Crippen LogP contribution in [-0.4, -0.2) is 117 Å². The van der Waals surface area contributed by atoms with Gasteiger partial charge in [-0.25, -0.2) is 0 Å². The molecule has 1 unspecified atom stereocenters. The molecule has 0 amide bonds. The lowest BCUT2D eigenvalue weighted by atomic mass is 9.94. The first-order chi connectivity index (χ1) is 18.8. The molecule has 0 aromatic rings. The number of aliphatic hydroxyl groups is 7. The fraction of sp³-hybridized carbons (Fsp3) is 1.00. The van der Waals surface area contributed by atoms with E-state index in [9.17, 15) is 35.7 Å². The van der Waals surface area contributed by atoms with Crippen LogP contribution in [0.2, 0.25) is 0 Å². The Balaban J connectivity index is 1.94. The molecule has 0 aromatic heterocycles. The van der Waals surface area contributed by atoms with Crippen molar-refractivity contribution in [2.75, 3.05) is 19.8 Å². The van der Waals surface area contributed by atoms with Crippen LogP contribution in [0.1, 0.15) is 90.9 Å². The summed E-state index contributed by atoms with van der Waals surface area (Å²) in [6.45, 7) is 3.51. The molecule has 2 aliphatic rings. The predicted molar refractivity (Wildman–Crippen MR) is 143 cm³/mol. The average Bonchev–Trinajstić information content (AvgIpc) is 2.94. The Morgan fingerprint density at radius 1 is 0.590 bits per heavy atom. The Labute approximate surface area is 233 Å². The summed E-state index contributed by atoms with van der Waals surface area (Å²) < 4.78 is 22.7. The molecule has 39 heavy (non-hydrogen) atoms. The van der Waals surface area contributed by atoms with E-state index in [4.69, 9.17) is 18.9 Å². The molecule has 0 bridgehead atoms. The van der Waals surface area contributed by atoms with Crippen LogP contribution in [0.15, 0.2) is 0 Å². The van der Waals surface area contributed by atoms with Crippen molar-refractivity contribution in [1.82, 2.24) is 0 Å². The maximum absolute atomic E-state index is 10.8. The van der Waals surface area contributed by atoms with E-state index >= 15 is 0 Å². The lowest BCUT2D eigenvalue weighted by Crippen LogP contribution is -2.64. The van der Waals surface area contributed by atoms with E-state index in [1.54, 1.807) is 0 Å². The summed E-state index contributed by atoms with van der Waals surface area (Å²) >= 11 is 0. The van der Waals surface area contributed by atoms with Crippen molar-refractivity contribution in [2.45, 2.75) is 152 Å². The molecule has 0 aromatic carbocycles. The van der Waals surface area contributed by atoms with E-state index < -0.39 is 74.6 Å². The number of hydrogen-bond acceptors (Lipinski definition) is 11. The summed E-state index contributed by atoms with van der Waals surface area (Å²) in [6.07, 6.45) is -0.531. The fourth-order valence-corrected chi connectivity index (χ4v) is 5.31. The van der Waals surface area contributed by atoms with Crippen molar-refractivity contribution in [3.63, 3.8) is 0 Å². The predicted octanol–water partition coefficient (Wildman–Crippen LogP) is 0.964. The Bertz CT molecular complexity index is 622. The van der Waals surface area contributed by atoms with Crippen LogP contribution in [-0.2, 0) is 18.9 Å². The first-order valence-electron chi connectivity index (χ1n) is 15.0. The van der Waals surface area contributed by atoms with Crippen molar-refractivity contribution in [2.24, 2.45) is 5.92 Å². The second-order valence-corrected chi connectivity index (χ2v) is 11.1. The van der Waals surface area contributed by atoms with E-state index in [2.05, 4.69) is 13.8 Å². The highest BCUT2D eigenvalue weighted by Gasteiger charge is 2.50. The normalized spacial score (nSPS) is 36.2. The minimum atomic E-state index is -1.70. The molecule has 0 aliphatic carbocycles. The zero-order chi connectivity index (χ0) is 28.8. The van der Waals surface area contributed by atoms with E-state index in [-0.39, 0.29) is 5.92 Å². The number of aliphatic hydroxyl groups excluding tert-OH is 7. The van der Waals surface area contributed by atoms with Gasteiger partial charge in [0.05, 0.1) is 19.8 Å². The molecular formula is C28H54O11. The monoisotopic (exact) mass is 566 g/mol. The van der Waals surface area contributed by atoms with Gasteiger partial charge >= 0.3 is 0 Å². The van der Waals surface area contributed by atoms with Crippen molar-refractivity contribution in [3.8, 4) is 0 Å². The van der Waals surface area contributed by atoms with Crippen LogP contribution in [0.4, 0.5) is 0 Å². The van der Waals surface area contributed by atoms with Gasteiger partial charge in [-0.2, -0.15) is 0 Å². The van der Waals surface area contributed by atoms with Gasteiger partial charge in [-0.1, -0.05) is 78.1 Å². The first kappa shape index (κ1) is 34.8. The molecule has 11 atom stereocenters. The van der Waals surface area contributed by atoms with Gasteiger partial charge in [0.1, 0.15) is 48.8 Å². The molecule has 11 nitrogen and oxygen atoms in total. The molecule has 0 spiro atoms. The number of rotatable bonds is 19. The first-order valence-corrected chi connectivity index (χ1v) is 15.0. The summed E-state index contributed by atoms with van der Waals surface area (Å²) in [7, 11) is 0. The van der Waals surface area contributed by atoms with Gasteiger partial charge < -0.3 is 54.7 Å². The Morgan fingerprint density at radius 2 is 1.10 bits per heavy atom. The molecule has 2 aliphatic heterocycles. The lowest BCUT2D eigenvalue weighted by molar-refractivity contribution is -0.360. The largest absolute Gasteiger partial charge is 0.394 e. The average molecular weight is 567 g/mol. The maximum Gasteiger partial charge on any atom is 0.187 e. The molecule has 0 radical (unpaired) electrons. The molecule has 232 valence electrons. The standard InChI is InChI=1S/C28H54O11/c1-3-5-7-9-10-12-14-18(13-11-8-6-4-2)17-36-27-25(35)23(33)26(20(16-30)38-27)39-28-24(34)22(32)21(31)19(15-29)37-28/h18-35H,3-17H2,1-2H3/t18?,19-,20-,21-,22+,23-,24-,25-,26-,27+,28-/m1/s1. The minimum Gasteiger partial charge on any atom is -0.394 e. The molecule has 2 saturated heterocycles. The second kappa shape index (κ2) is 18.9. The third kappa shape index (κ3) is 10.7. The van der Waals surface area contributed by atoms with Crippen LogP contribution in [0.25, 0.3) is 0 Å². The van der Waals surface area contributed by atoms with Crippen LogP contribution < -0.4 is 0 Å². The minimum absolute atomic E-state index is 0.289. The smallest absolute Gasteiger partial charge is 0.187 e. The van der Waals surface area contributed by atoms with Gasteiger partial charge in [0.2, 0.25) is 0 Å². The summed E-state index contributed by atoms with van der Waals surface area (Å²) in [5.41, 5.74) is 0. The summed E-state index contributed by atoms with van der Waals surface area (Å²) in [4.78, 5) is 0. The highest BCUT2D eigenvalue weighted by Crippen LogP contribution is 2.30. The van der Waals surface area contributed by atoms with Crippen molar-refractivity contribution >= 4 is 0 Å². The third-order valence-corrected chi connectivity index (χ3v) is 7.89. The van der Waals surface area contributed by atoms with E-state index in [1.807, 2.05) is 0 Å². The van der Waals surface area contributed by atoms with Crippen molar-refractivity contribution in [3.05, 3.63) is 0 Å². The topological polar surface area (TPSA) is 179 Å². The number of unbranched alkanes of at least 4 members (excludes halogenated alkanes) is 8. The summed E-state index contributed by atoms with van der Waals surface area (Å²) in [6, 6.07) is 0. The number of hydrogen-bond donors (Lipinski definition) is 7. The number of ether oxygens (including phenoxy) is 4. The van der Waals surface area contributed by atoms with Crippen LogP contribution in [0.5, 0.6) is 0 Å². The van der Waals surface area contributed by atoms with Crippen LogP contribution in [0, 0.1) is 5.92 Å². The molecule has 2 heterocycles. The Kier molecular flexibility index (Phi) is 16.8. The second-order valence-electron chi connectivity index (χ2n) is 11.1. The lowest BCUT2D eigenvalue weighted by Gasteiger charge is -2.46. The van der Waals surface area contributed by atoms with Gasteiger partial charge in [0.25, 0.3) is 0 Å².